The van der Waals surface area contributed by atoms with E-state index in [9.17, 15) is 0 Å². The minimum Gasteiger partial charge on any atom is -0.459 e. The molecule has 21 heavy (non-hydrogen) atoms. The molecule has 0 saturated carbocycles. The summed E-state index contributed by atoms with van der Waals surface area (Å²) in [5.41, 5.74) is 2.21. The summed E-state index contributed by atoms with van der Waals surface area (Å²) in [6.07, 6.45) is 0. The van der Waals surface area contributed by atoms with E-state index < -0.39 is 0 Å². The molecule has 3 heterocycles. The van der Waals surface area contributed by atoms with Gasteiger partial charge < -0.3 is 9.73 Å². The van der Waals surface area contributed by atoms with Crippen LogP contribution in [0.1, 0.15) is 22.2 Å². The quantitative estimate of drug-likeness (QED) is 0.553. The molecule has 0 saturated heterocycles. The number of aryl methyl sites for hydroxylation is 1. The van der Waals surface area contributed by atoms with E-state index in [2.05, 4.69) is 48.0 Å². The van der Waals surface area contributed by atoms with Gasteiger partial charge in [0.05, 0.1) is 0 Å². The summed E-state index contributed by atoms with van der Waals surface area (Å²) in [6.45, 7) is 2.11. The van der Waals surface area contributed by atoms with E-state index in [1.165, 1.54) is 25.2 Å². The normalized spacial score (nSPS) is 13.2. The van der Waals surface area contributed by atoms with Crippen LogP contribution in [-0.4, -0.2) is 7.05 Å². The van der Waals surface area contributed by atoms with Crippen LogP contribution in [0.2, 0.25) is 0 Å². The van der Waals surface area contributed by atoms with E-state index in [0.29, 0.717) is 0 Å². The van der Waals surface area contributed by atoms with Crippen LogP contribution in [-0.2, 0) is 0 Å². The summed E-state index contributed by atoms with van der Waals surface area (Å²) >= 11 is 3.62. The van der Waals surface area contributed by atoms with Gasteiger partial charge in [-0.2, -0.15) is 0 Å². The minimum absolute atomic E-state index is 0.113. The Hall–Kier alpha value is -1.62. The summed E-state index contributed by atoms with van der Waals surface area (Å²) in [4.78, 5) is 1.30. The van der Waals surface area contributed by atoms with Crippen molar-refractivity contribution in [1.82, 2.24) is 5.32 Å². The van der Waals surface area contributed by atoms with Crippen LogP contribution in [0.15, 0.2) is 46.2 Å². The molecule has 0 fully saturated rings. The predicted octanol–water partition coefficient (Wildman–Crippen LogP) is 5.33. The van der Waals surface area contributed by atoms with Gasteiger partial charge in [0, 0.05) is 19.7 Å². The molecule has 1 unspecified atom stereocenters. The maximum atomic E-state index is 6.05. The number of furan rings is 1. The molecule has 0 radical (unpaired) electrons. The molecular weight excluding hydrogens is 298 g/mol. The highest BCUT2D eigenvalue weighted by Gasteiger charge is 2.19. The Morgan fingerprint density at radius 2 is 2.00 bits per heavy atom. The molecule has 0 spiro atoms. The van der Waals surface area contributed by atoms with Gasteiger partial charge in [0.1, 0.15) is 17.4 Å². The third-order valence-electron chi connectivity index (χ3n) is 3.71. The van der Waals surface area contributed by atoms with Crippen LogP contribution >= 0.6 is 22.7 Å². The van der Waals surface area contributed by atoms with Crippen LogP contribution in [0.25, 0.3) is 20.4 Å². The standard InChI is InChI=1S/C17H15NOS2/c1-10-3-4-12-11(7-10)8-13(19-12)17(18-2)16-9-15-14(21-16)5-6-20-15/h3-9,17-18H,1-2H3. The molecular formula is C17H15NOS2. The van der Waals surface area contributed by atoms with Gasteiger partial charge in [0.15, 0.2) is 0 Å². The van der Waals surface area contributed by atoms with Gasteiger partial charge in [0.25, 0.3) is 0 Å². The van der Waals surface area contributed by atoms with Crippen molar-refractivity contribution in [2.75, 3.05) is 7.05 Å². The molecule has 106 valence electrons. The molecule has 0 amide bonds. The lowest BCUT2D eigenvalue weighted by atomic mass is 10.1. The van der Waals surface area contributed by atoms with E-state index in [0.717, 1.165) is 11.3 Å². The van der Waals surface area contributed by atoms with Crippen LogP contribution in [0.3, 0.4) is 0 Å². The first-order chi connectivity index (χ1) is 10.2. The molecule has 2 nitrogen and oxygen atoms in total. The number of fused-ring (bicyclic) bond motifs is 2. The lowest BCUT2D eigenvalue weighted by Gasteiger charge is -2.10. The maximum absolute atomic E-state index is 6.05. The Morgan fingerprint density at radius 1 is 1.10 bits per heavy atom. The Kier molecular flexibility index (Phi) is 3.10. The van der Waals surface area contributed by atoms with Gasteiger partial charge in [-0.05, 0) is 49.7 Å². The molecule has 1 aromatic carbocycles. The second kappa shape index (κ2) is 4.98. The summed E-state index contributed by atoms with van der Waals surface area (Å²) in [5, 5.41) is 6.69. The molecule has 1 N–H and O–H groups in total. The Labute approximate surface area is 131 Å². The SMILES string of the molecule is CNC(c1cc2cc(C)ccc2o1)c1cc2sccc2s1. The fourth-order valence-electron chi connectivity index (χ4n) is 2.68. The number of thiophene rings is 2. The van der Waals surface area contributed by atoms with Crippen LogP contribution in [0.5, 0.6) is 0 Å². The molecule has 4 heteroatoms. The second-order valence-electron chi connectivity index (χ2n) is 5.21. The number of hydrogen-bond acceptors (Lipinski definition) is 4. The molecule has 0 aliphatic rings. The van der Waals surface area contributed by atoms with Gasteiger partial charge in [-0.25, -0.2) is 0 Å². The third kappa shape index (κ3) is 2.20. The smallest absolute Gasteiger partial charge is 0.134 e. The first-order valence-electron chi connectivity index (χ1n) is 6.89. The average Bonchev–Trinajstić information content (AvgIpc) is 3.12. The number of benzene rings is 1. The van der Waals surface area contributed by atoms with Gasteiger partial charge >= 0.3 is 0 Å². The first-order valence-corrected chi connectivity index (χ1v) is 8.58. The van der Waals surface area contributed by atoms with E-state index in [1.807, 2.05) is 24.5 Å². The van der Waals surface area contributed by atoms with Crippen molar-refractivity contribution < 1.29 is 4.42 Å². The zero-order valence-corrected chi connectivity index (χ0v) is 13.5. The van der Waals surface area contributed by atoms with Gasteiger partial charge in [0.2, 0.25) is 0 Å². The number of rotatable bonds is 3. The zero-order chi connectivity index (χ0) is 14.4. The number of hydrogen-bond donors (Lipinski definition) is 1. The summed E-state index contributed by atoms with van der Waals surface area (Å²) in [6, 6.07) is 13.0. The van der Waals surface area contributed by atoms with Crippen LogP contribution in [0.4, 0.5) is 0 Å². The Bertz CT molecular complexity index is 887. The van der Waals surface area contributed by atoms with Crippen LogP contribution in [0, 0.1) is 6.92 Å². The van der Waals surface area contributed by atoms with Gasteiger partial charge in [-0.3, -0.25) is 0 Å². The predicted molar refractivity (Wildman–Crippen MR) is 91.6 cm³/mol. The van der Waals surface area contributed by atoms with Crippen molar-refractivity contribution in [2.24, 2.45) is 0 Å². The van der Waals surface area contributed by atoms with Crippen LogP contribution < -0.4 is 5.32 Å². The summed E-state index contributed by atoms with van der Waals surface area (Å²) in [7, 11) is 1.98. The van der Waals surface area contributed by atoms with Gasteiger partial charge in [-0.15, -0.1) is 22.7 Å². The van der Waals surface area contributed by atoms with E-state index in [-0.39, 0.29) is 6.04 Å². The average molecular weight is 313 g/mol. The highest BCUT2D eigenvalue weighted by atomic mass is 32.1. The van der Waals surface area contributed by atoms with E-state index in [1.54, 1.807) is 11.3 Å². The third-order valence-corrected chi connectivity index (χ3v) is 5.87. The van der Waals surface area contributed by atoms with Crippen molar-refractivity contribution in [3.63, 3.8) is 0 Å². The van der Waals surface area contributed by atoms with Crippen molar-refractivity contribution in [2.45, 2.75) is 13.0 Å². The molecule has 0 aliphatic heterocycles. The monoisotopic (exact) mass is 313 g/mol. The summed E-state index contributed by atoms with van der Waals surface area (Å²) < 4.78 is 8.75. The largest absolute Gasteiger partial charge is 0.459 e. The van der Waals surface area contributed by atoms with Crippen molar-refractivity contribution in [3.05, 3.63) is 58.0 Å². The first kappa shape index (κ1) is 13.1. The lowest BCUT2D eigenvalue weighted by molar-refractivity contribution is 0.495. The Balaban J connectivity index is 1.81. The van der Waals surface area contributed by atoms with E-state index >= 15 is 0 Å². The van der Waals surface area contributed by atoms with E-state index in [4.69, 9.17) is 4.42 Å². The highest BCUT2D eigenvalue weighted by molar-refractivity contribution is 7.27. The fraction of sp³-hybridized carbons (Fsp3) is 0.176. The molecule has 0 bridgehead atoms. The fourth-order valence-corrected chi connectivity index (χ4v) is 4.92. The molecule has 4 aromatic rings. The molecule has 3 aromatic heterocycles. The maximum Gasteiger partial charge on any atom is 0.134 e. The van der Waals surface area contributed by atoms with Crippen molar-refractivity contribution >= 4 is 43.0 Å². The van der Waals surface area contributed by atoms with Crippen molar-refractivity contribution in [3.8, 4) is 0 Å². The minimum atomic E-state index is 0.113. The molecule has 1 atom stereocenters. The molecule has 4 rings (SSSR count). The number of nitrogens with one attached hydrogen (secondary N) is 1. The van der Waals surface area contributed by atoms with Gasteiger partial charge in [-0.1, -0.05) is 11.6 Å². The highest BCUT2D eigenvalue weighted by Crippen LogP contribution is 2.37. The zero-order valence-electron chi connectivity index (χ0n) is 11.8. The Morgan fingerprint density at radius 3 is 2.81 bits per heavy atom. The topological polar surface area (TPSA) is 25.2 Å². The lowest BCUT2D eigenvalue weighted by Crippen LogP contribution is -2.15. The molecule has 0 aliphatic carbocycles. The summed E-state index contributed by atoms with van der Waals surface area (Å²) in [5.74, 6) is 0.979. The second-order valence-corrected chi connectivity index (χ2v) is 7.27. The van der Waals surface area contributed by atoms with Crippen molar-refractivity contribution in [1.29, 1.82) is 0 Å².